The monoisotopic (exact) mass is 305 g/mol. The highest BCUT2D eigenvalue weighted by Crippen LogP contribution is 2.03. The molecule has 0 aliphatic heterocycles. The summed E-state index contributed by atoms with van der Waals surface area (Å²) in [4.78, 5) is 4.47. The molecule has 0 saturated heterocycles. The number of benzene rings is 1. The highest BCUT2D eigenvalue weighted by molar-refractivity contribution is 5.79. The van der Waals surface area contributed by atoms with E-state index >= 15 is 0 Å². The summed E-state index contributed by atoms with van der Waals surface area (Å²) in [5, 5.41) is 16.6. The van der Waals surface area contributed by atoms with Crippen LogP contribution in [-0.4, -0.2) is 36.8 Å². The Morgan fingerprint density at radius 2 is 1.86 bits per heavy atom. The van der Waals surface area contributed by atoms with Crippen molar-refractivity contribution in [2.24, 2.45) is 4.99 Å². The van der Waals surface area contributed by atoms with Gasteiger partial charge in [0.05, 0.1) is 12.6 Å². The van der Waals surface area contributed by atoms with Gasteiger partial charge in [-0.15, -0.1) is 0 Å². The molecular formula is C18H31N3O. The quantitative estimate of drug-likeness (QED) is 0.354. The van der Waals surface area contributed by atoms with E-state index in [1.165, 1.54) is 19.3 Å². The second-order valence-corrected chi connectivity index (χ2v) is 5.55. The summed E-state index contributed by atoms with van der Waals surface area (Å²) < 4.78 is 0. The molecule has 1 atom stereocenters. The summed E-state index contributed by atoms with van der Waals surface area (Å²) in [5.74, 6) is 0.797. The van der Waals surface area contributed by atoms with Crippen LogP contribution >= 0.6 is 0 Å². The number of hydrogen-bond donors (Lipinski definition) is 3. The number of unbranched alkanes of at least 4 members (excludes halogenated alkanes) is 3. The first kappa shape index (κ1) is 18.5. The number of nitrogens with one attached hydrogen (secondary N) is 2. The molecule has 4 heteroatoms. The summed E-state index contributed by atoms with van der Waals surface area (Å²) in [6, 6.07) is 10.0. The molecule has 0 aromatic heterocycles. The van der Waals surface area contributed by atoms with E-state index < -0.39 is 6.10 Å². The van der Waals surface area contributed by atoms with Crippen molar-refractivity contribution in [2.75, 3.05) is 19.6 Å². The summed E-state index contributed by atoms with van der Waals surface area (Å²) in [5.41, 5.74) is 1.14. The molecule has 0 amide bonds. The summed E-state index contributed by atoms with van der Waals surface area (Å²) in [6.45, 7) is 6.44. The van der Waals surface area contributed by atoms with Gasteiger partial charge in [-0.3, -0.25) is 4.99 Å². The largest absolute Gasteiger partial charge is 0.391 e. The Hall–Kier alpha value is -1.55. The number of guanidine groups is 1. The minimum atomic E-state index is -0.446. The summed E-state index contributed by atoms with van der Waals surface area (Å²) in [6.07, 6.45) is 5.13. The second kappa shape index (κ2) is 12.0. The van der Waals surface area contributed by atoms with Crippen LogP contribution in [0.15, 0.2) is 35.3 Å². The van der Waals surface area contributed by atoms with Crippen LogP contribution in [0.4, 0.5) is 0 Å². The average Bonchev–Trinajstić information content (AvgIpc) is 2.53. The van der Waals surface area contributed by atoms with Crippen molar-refractivity contribution in [1.29, 1.82) is 0 Å². The van der Waals surface area contributed by atoms with Crippen molar-refractivity contribution in [3.05, 3.63) is 35.9 Å². The van der Waals surface area contributed by atoms with Crippen LogP contribution in [0, 0.1) is 0 Å². The highest BCUT2D eigenvalue weighted by Gasteiger charge is 2.05. The van der Waals surface area contributed by atoms with Gasteiger partial charge in [0.1, 0.15) is 0 Å². The first-order valence-electron chi connectivity index (χ1n) is 8.50. The van der Waals surface area contributed by atoms with Crippen LogP contribution in [-0.2, 0) is 6.42 Å². The predicted molar refractivity (Wildman–Crippen MR) is 94.3 cm³/mol. The number of nitrogens with zero attached hydrogens (tertiary/aromatic N) is 1. The van der Waals surface area contributed by atoms with Crippen molar-refractivity contribution >= 4 is 5.96 Å². The first-order chi connectivity index (χ1) is 10.8. The summed E-state index contributed by atoms with van der Waals surface area (Å²) in [7, 11) is 0. The fraction of sp³-hybridized carbons (Fsp3) is 0.611. The van der Waals surface area contributed by atoms with Gasteiger partial charge in [-0.25, -0.2) is 0 Å². The average molecular weight is 305 g/mol. The van der Waals surface area contributed by atoms with Crippen molar-refractivity contribution in [1.82, 2.24) is 10.6 Å². The zero-order valence-corrected chi connectivity index (χ0v) is 14.0. The van der Waals surface area contributed by atoms with Gasteiger partial charge in [-0.1, -0.05) is 56.5 Å². The lowest BCUT2D eigenvalue weighted by molar-refractivity contribution is 0.183. The molecule has 0 heterocycles. The second-order valence-electron chi connectivity index (χ2n) is 5.55. The normalized spacial score (nSPS) is 13.0. The van der Waals surface area contributed by atoms with Gasteiger partial charge < -0.3 is 15.7 Å². The molecule has 1 unspecified atom stereocenters. The molecule has 0 aliphatic carbocycles. The molecule has 1 rings (SSSR count). The Kier molecular flexibility index (Phi) is 10.1. The van der Waals surface area contributed by atoms with Gasteiger partial charge in [-0.2, -0.15) is 0 Å². The van der Waals surface area contributed by atoms with Crippen LogP contribution in [0.2, 0.25) is 0 Å². The van der Waals surface area contributed by atoms with E-state index in [0.29, 0.717) is 13.0 Å². The maximum absolute atomic E-state index is 10.1. The fourth-order valence-corrected chi connectivity index (χ4v) is 2.25. The summed E-state index contributed by atoms with van der Waals surface area (Å²) >= 11 is 0. The molecule has 22 heavy (non-hydrogen) atoms. The fourth-order valence-electron chi connectivity index (χ4n) is 2.25. The lowest BCUT2D eigenvalue weighted by Gasteiger charge is -2.13. The molecule has 3 N–H and O–H groups in total. The van der Waals surface area contributed by atoms with E-state index in [-0.39, 0.29) is 0 Å². The van der Waals surface area contributed by atoms with Crippen molar-refractivity contribution in [2.45, 2.75) is 52.1 Å². The zero-order valence-electron chi connectivity index (χ0n) is 14.0. The Morgan fingerprint density at radius 3 is 2.55 bits per heavy atom. The van der Waals surface area contributed by atoms with Gasteiger partial charge in [0.2, 0.25) is 0 Å². The third-order valence-corrected chi connectivity index (χ3v) is 3.44. The van der Waals surface area contributed by atoms with Crippen LogP contribution in [0.5, 0.6) is 0 Å². The molecule has 4 nitrogen and oxygen atoms in total. The topological polar surface area (TPSA) is 56.7 Å². The molecular weight excluding hydrogens is 274 g/mol. The molecule has 0 spiro atoms. The van der Waals surface area contributed by atoms with E-state index in [9.17, 15) is 5.11 Å². The Bertz CT molecular complexity index is 406. The van der Waals surface area contributed by atoms with E-state index in [0.717, 1.165) is 31.0 Å². The van der Waals surface area contributed by atoms with Crippen molar-refractivity contribution in [3.63, 3.8) is 0 Å². The lowest BCUT2D eigenvalue weighted by Crippen LogP contribution is -2.38. The maximum Gasteiger partial charge on any atom is 0.191 e. The highest BCUT2D eigenvalue weighted by atomic mass is 16.3. The van der Waals surface area contributed by atoms with Gasteiger partial charge in [0, 0.05) is 19.5 Å². The van der Waals surface area contributed by atoms with Gasteiger partial charge in [-0.05, 0) is 18.9 Å². The van der Waals surface area contributed by atoms with Crippen LogP contribution < -0.4 is 10.6 Å². The minimum Gasteiger partial charge on any atom is -0.391 e. The number of aliphatic hydroxyl groups excluding tert-OH is 1. The zero-order chi connectivity index (χ0) is 16.0. The maximum atomic E-state index is 10.1. The smallest absolute Gasteiger partial charge is 0.191 e. The van der Waals surface area contributed by atoms with E-state index in [4.69, 9.17) is 0 Å². The third-order valence-electron chi connectivity index (χ3n) is 3.44. The molecule has 0 saturated carbocycles. The molecule has 1 aromatic carbocycles. The van der Waals surface area contributed by atoms with Gasteiger partial charge in [0.15, 0.2) is 5.96 Å². The SMILES string of the molecule is CCCCCCNC(=NCC(O)Cc1ccccc1)NCC. The third kappa shape index (κ3) is 8.67. The first-order valence-corrected chi connectivity index (χ1v) is 8.50. The van der Waals surface area contributed by atoms with Crippen molar-refractivity contribution < 1.29 is 5.11 Å². The van der Waals surface area contributed by atoms with Crippen LogP contribution in [0.1, 0.15) is 45.1 Å². The van der Waals surface area contributed by atoms with E-state index in [2.05, 4.69) is 29.5 Å². The van der Waals surface area contributed by atoms with Crippen LogP contribution in [0.3, 0.4) is 0 Å². The molecule has 0 radical (unpaired) electrons. The number of rotatable bonds is 10. The molecule has 0 fully saturated rings. The standard InChI is InChI=1S/C18H31N3O/c1-3-5-6-10-13-20-18(19-4-2)21-15-17(22)14-16-11-8-7-9-12-16/h7-9,11-12,17,22H,3-6,10,13-15H2,1-2H3,(H2,19,20,21). The molecule has 1 aromatic rings. The Labute approximate surface area is 135 Å². The Morgan fingerprint density at radius 1 is 1.09 bits per heavy atom. The van der Waals surface area contributed by atoms with E-state index in [1.807, 2.05) is 30.3 Å². The van der Waals surface area contributed by atoms with Gasteiger partial charge >= 0.3 is 0 Å². The molecule has 124 valence electrons. The van der Waals surface area contributed by atoms with Crippen LogP contribution in [0.25, 0.3) is 0 Å². The predicted octanol–water partition coefficient (Wildman–Crippen LogP) is 2.73. The van der Waals surface area contributed by atoms with Crippen molar-refractivity contribution in [3.8, 4) is 0 Å². The minimum absolute atomic E-state index is 0.416. The Balaban J connectivity index is 2.33. The van der Waals surface area contributed by atoms with Gasteiger partial charge in [0.25, 0.3) is 0 Å². The molecule has 0 aliphatic rings. The van der Waals surface area contributed by atoms with E-state index in [1.54, 1.807) is 0 Å². The number of aliphatic imine (C=N–C) groups is 1. The number of hydrogen-bond acceptors (Lipinski definition) is 2. The lowest BCUT2D eigenvalue weighted by atomic mass is 10.1. The molecule has 0 bridgehead atoms. The number of aliphatic hydroxyl groups is 1.